The molecule has 1 N–H and O–H groups in total. The van der Waals surface area contributed by atoms with E-state index in [1.165, 1.54) is 0 Å². The third-order valence-corrected chi connectivity index (χ3v) is 4.91. The number of methoxy groups -OCH3 is 2. The number of fused-ring (bicyclic) bond motifs is 1. The summed E-state index contributed by atoms with van der Waals surface area (Å²) in [4.78, 5) is 13.2. The molecule has 3 rings (SSSR count). The maximum Gasteiger partial charge on any atom is 0.225 e. The molecule has 2 aromatic rings. The quantitative estimate of drug-likeness (QED) is 0.934. The molecule has 114 valence electrons. The minimum Gasteiger partial charge on any atom is -0.493 e. The third-order valence-electron chi connectivity index (χ3n) is 3.58. The standard InChI is InChI=1S/C17H17NO3S/c1-20-13-8-7-11(9-14(13)21-2)16-10-17(19)18-12-5-3-4-6-15(12)22-16/h3-9,16H,10H2,1-2H3,(H,18,19)/t16-/m0/s1. The van der Waals surface area contributed by atoms with Gasteiger partial charge in [-0.3, -0.25) is 4.79 Å². The molecule has 1 atom stereocenters. The van der Waals surface area contributed by atoms with Gasteiger partial charge in [-0.2, -0.15) is 0 Å². The number of amides is 1. The summed E-state index contributed by atoms with van der Waals surface area (Å²) >= 11 is 1.69. The van der Waals surface area contributed by atoms with Gasteiger partial charge in [0.1, 0.15) is 0 Å². The second-order valence-electron chi connectivity index (χ2n) is 4.97. The van der Waals surface area contributed by atoms with Gasteiger partial charge in [0.2, 0.25) is 5.91 Å². The monoisotopic (exact) mass is 315 g/mol. The highest BCUT2D eigenvalue weighted by Gasteiger charge is 2.24. The van der Waals surface area contributed by atoms with E-state index < -0.39 is 0 Å². The van der Waals surface area contributed by atoms with Crippen LogP contribution < -0.4 is 14.8 Å². The number of carbonyl (C=O) groups is 1. The fourth-order valence-electron chi connectivity index (χ4n) is 2.48. The molecule has 1 aliphatic heterocycles. The van der Waals surface area contributed by atoms with E-state index in [1.54, 1.807) is 26.0 Å². The summed E-state index contributed by atoms with van der Waals surface area (Å²) in [6.07, 6.45) is 0.425. The van der Waals surface area contributed by atoms with Gasteiger partial charge >= 0.3 is 0 Å². The predicted molar refractivity (Wildman–Crippen MR) is 87.8 cm³/mol. The summed E-state index contributed by atoms with van der Waals surface area (Å²) in [5.41, 5.74) is 1.93. The topological polar surface area (TPSA) is 47.6 Å². The molecule has 0 saturated carbocycles. The van der Waals surface area contributed by atoms with E-state index in [0.29, 0.717) is 17.9 Å². The van der Waals surface area contributed by atoms with Gasteiger partial charge in [0.25, 0.3) is 0 Å². The number of anilines is 1. The minimum absolute atomic E-state index is 0.0252. The van der Waals surface area contributed by atoms with E-state index in [4.69, 9.17) is 9.47 Å². The van der Waals surface area contributed by atoms with Gasteiger partial charge in [0.05, 0.1) is 19.9 Å². The number of rotatable bonds is 3. The number of thioether (sulfide) groups is 1. The molecular formula is C17H17NO3S. The Labute approximate surface area is 133 Å². The van der Waals surface area contributed by atoms with Crippen LogP contribution in [0.3, 0.4) is 0 Å². The smallest absolute Gasteiger partial charge is 0.225 e. The first-order valence-corrected chi connectivity index (χ1v) is 7.86. The Bertz CT molecular complexity index is 702. The summed E-state index contributed by atoms with van der Waals surface area (Å²) < 4.78 is 10.6. The summed E-state index contributed by atoms with van der Waals surface area (Å²) in [5, 5.41) is 3.00. The molecule has 0 aliphatic carbocycles. The zero-order chi connectivity index (χ0) is 15.5. The number of hydrogen-bond donors (Lipinski definition) is 1. The van der Waals surface area contributed by atoms with Crippen LogP contribution in [0.25, 0.3) is 0 Å². The maximum absolute atomic E-state index is 12.1. The number of para-hydroxylation sites is 1. The van der Waals surface area contributed by atoms with E-state index in [-0.39, 0.29) is 11.2 Å². The molecule has 1 heterocycles. The van der Waals surface area contributed by atoms with Crippen LogP contribution in [-0.4, -0.2) is 20.1 Å². The van der Waals surface area contributed by atoms with Crippen molar-refractivity contribution in [2.45, 2.75) is 16.6 Å². The Morgan fingerprint density at radius 2 is 1.86 bits per heavy atom. The van der Waals surface area contributed by atoms with Crippen molar-refractivity contribution in [2.75, 3.05) is 19.5 Å². The lowest BCUT2D eigenvalue weighted by Crippen LogP contribution is -2.12. The second kappa shape index (κ2) is 6.32. The number of carbonyl (C=O) groups excluding carboxylic acids is 1. The molecule has 0 bridgehead atoms. The largest absolute Gasteiger partial charge is 0.493 e. The predicted octanol–water partition coefficient (Wildman–Crippen LogP) is 3.88. The normalized spacial score (nSPS) is 17.2. The second-order valence-corrected chi connectivity index (χ2v) is 6.21. The van der Waals surface area contributed by atoms with E-state index in [9.17, 15) is 4.79 Å². The van der Waals surface area contributed by atoms with Gasteiger partial charge < -0.3 is 14.8 Å². The van der Waals surface area contributed by atoms with Crippen LogP contribution in [0.4, 0.5) is 5.69 Å². The summed E-state index contributed by atoms with van der Waals surface area (Å²) in [7, 11) is 3.23. The fraction of sp³-hybridized carbons (Fsp3) is 0.235. The minimum atomic E-state index is 0.0252. The Morgan fingerprint density at radius 3 is 2.64 bits per heavy atom. The lowest BCUT2D eigenvalue weighted by atomic mass is 10.1. The fourth-order valence-corrected chi connectivity index (χ4v) is 3.70. The van der Waals surface area contributed by atoms with Gasteiger partial charge in [-0.1, -0.05) is 18.2 Å². The van der Waals surface area contributed by atoms with Crippen molar-refractivity contribution in [1.82, 2.24) is 0 Å². The molecule has 0 unspecified atom stereocenters. The molecule has 0 spiro atoms. The zero-order valence-electron chi connectivity index (χ0n) is 12.5. The first kappa shape index (κ1) is 14.8. The molecule has 5 heteroatoms. The maximum atomic E-state index is 12.1. The van der Waals surface area contributed by atoms with Crippen LogP contribution in [0, 0.1) is 0 Å². The highest BCUT2D eigenvalue weighted by Crippen LogP contribution is 2.45. The van der Waals surface area contributed by atoms with Crippen molar-refractivity contribution in [3.63, 3.8) is 0 Å². The van der Waals surface area contributed by atoms with Crippen LogP contribution in [-0.2, 0) is 4.79 Å². The van der Waals surface area contributed by atoms with Crippen molar-refractivity contribution in [2.24, 2.45) is 0 Å². The Hall–Kier alpha value is -2.14. The first-order chi connectivity index (χ1) is 10.7. The summed E-state index contributed by atoms with van der Waals surface area (Å²) in [5.74, 6) is 1.39. The highest BCUT2D eigenvalue weighted by molar-refractivity contribution is 7.99. The zero-order valence-corrected chi connectivity index (χ0v) is 13.3. The Morgan fingerprint density at radius 1 is 1.09 bits per heavy atom. The molecule has 0 saturated heterocycles. The molecule has 0 fully saturated rings. The number of hydrogen-bond acceptors (Lipinski definition) is 4. The van der Waals surface area contributed by atoms with Crippen molar-refractivity contribution in [3.8, 4) is 11.5 Å². The number of nitrogens with one attached hydrogen (secondary N) is 1. The highest BCUT2D eigenvalue weighted by atomic mass is 32.2. The summed E-state index contributed by atoms with van der Waals surface area (Å²) in [6, 6.07) is 13.7. The molecule has 0 aromatic heterocycles. The van der Waals surface area contributed by atoms with Gasteiger partial charge in [0.15, 0.2) is 11.5 Å². The van der Waals surface area contributed by atoms with E-state index >= 15 is 0 Å². The van der Waals surface area contributed by atoms with Gasteiger partial charge in [-0.25, -0.2) is 0 Å². The lowest BCUT2D eigenvalue weighted by molar-refractivity contribution is -0.116. The molecule has 1 aliphatic rings. The van der Waals surface area contributed by atoms with Crippen LogP contribution in [0.1, 0.15) is 17.2 Å². The van der Waals surface area contributed by atoms with Crippen LogP contribution in [0.2, 0.25) is 0 Å². The number of benzene rings is 2. The van der Waals surface area contributed by atoms with Gasteiger partial charge in [-0.05, 0) is 29.8 Å². The van der Waals surface area contributed by atoms with Crippen LogP contribution >= 0.6 is 11.8 Å². The third kappa shape index (κ3) is 2.90. The van der Waals surface area contributed by atoms with Crippen molar-refractivity contribution < 1.29 is 14.3 Å². The van der Waals surface area contributed by atoms with E-state index in [2.05, 4.69) is 5.32 Å². The van der Waals surface area contributed by atoms with Crippen molar-refractivity contribution in [1.29, 1.82) is 0 Å². The summed E-state index contributed by atoms with van der Waals surface area (Å²) in [6.45, 7) is 0. The molecule has 2 aromatic carbocycles. The van der Waals surface area contributed by atoms with E-state index in [0.717, 1.165) is 16.1 Å². The average Bonchev–Trinajstić information content (AvgIpc) is 2.72. The molecule has 4 nitrogen and oxygen atoms in total. The van der Waals surface area contributed by atoms with Crippen molar-refractivity contribution >= 4 is 23.4 Å². The average molecular weight is 315 g/mol. The molecule has 22 heavy (non-hydrogen) atoms. The van der Waals surface area contributed by atoms with Crippen LogP contribution in [0.5, 0.6) is 11.5 Å². The SMILES string of the molecule is COc1ccc([C@@H]2CC(=O)Nc3ccccc3S2)cc1OC. The van der Waals surface area contributed by atoms with Gasteiger partial charge in [-0.15, -0.1) is 11.8 Å². The Kier molecular flexibility index (Phi) is 4.24. The van der Waals surface area contributed by atoms with E-state index in [1.807, 2.05) is 42.5 Å². The molecule has 0 radical (unpaired) electrons. The molecule has 1 amide bonds. The lowest BCUT2D eigenvalue weighted by Gasteiger charge is -2.16. The first-order valence-electron chi connectivity index (χ1n) is 6.98. The van der Waals surface area contributed by atoms with Gasteiger partial charge in [0, 0.05) is 16.6 Å². The number of ether oxygens (including phenoxy) is 2. The van der Waals surface area contributed by atoms with Crippen molar-refractivity contribution in [3.05, 3.63) is 48.0 Å². The molecular weight excluding hydrogens is 298 g/mol. The van der Waals surface area contributed by atoms with Crippen LogP contribution in [0.15, 0.2) is 47.4 Å². The Balaban J connectivity index is 1.96.